The standard InChI is InChI=1S/C14H21N5/c1-3-9(2)12-8-14(17-11-6-10(15)7-11)19-13(18-12)4-5-16-19/h4-5,8-11,17H,3,6-7,15H2,1-2H3. The van der Waals surface area contributed by atoms with Crippen LogP contribution < -0.4 is 11.1 Å². The van der Waals surface area contributed by atoms with Gasteiger partial charge in [0, 0.05) is 29.9 Å². The Labute approximate surface area is 113 Å². The molecule has 102 valence electrons. The number of rotatable bonds is 4. The van der Waals surface area contributed by atoms with E-state index in [0.717, 1.165) is 36.4 Å². The molecule has 1 atom stereocenters. The summed E-state index contributed by atoms with van der Waals surface area (Å²) in [5.41, 5.74) is 7.87. The molecule has 2 aromatic rings. The predicted molar refractivity (Wildman–Crippen MR) is 76.3 cm³/mol. The van der Waals surface area contributed by atoms with Crippen LogP contribution >= 0.6 is 0 Å². The fourth-order valence-corrected chi connectivity index (χ4v) is 2.49. The molecule has 5 heteroatoms. The molecule has 1 aliphatic carbocycles. The average Bonchev–Trinajstić information content (AvgIpc) is 2.84. The van der Waals surface area contributed by atoms with Crippen LogP contribution in [0, 0.1) is 0 Å². The van der Waals surface area contributed by atoms with Crippen LogP contribution in [0.1, 0.15) is 44.7 Å². The van der Waals surface area contributed by atoms with E-state index in [4.69, 9.17) is 5.73 Å². The Hall–Kier alpha value is -1.62. The monoisotopic (exact) mass is 259 g/mol. The van der Waals surface area contributed by atoms with Crippen molar-refractivity contribution in [2.24, 2.45) is 5.73 Å². The highest BCUT2D eigenvalue weighted by molar-refractivity contribution is 5.50. The quantitative estimate of drug-likeness (QED) is 0.882. The van der Waals surface area contributed by atoms with E-state index < -0.39 is 0 Å². The predicted octanol–water partition coefficient (Wildman–Crippen LogP) is 2.14. The van der Waals surface area contributed by atoms with E-state index in [-0.39, 0.29) is 0 Å². The molecule has 0 spiro atoms. The van der Waals surface area contributed by atoms with Crippen LogP contribution in [0.5, 0.6) is 0 Å². The normalized spacial score (nSPS) is 24.2. The summed E-state index contributed by atoms with van der Waals surface area (Å²) in [7, 11) is 0. The van der Waals surface area contributed by atoms with Gasteiger partial charge < -0.3 is 11.1 Å². The number of hydrogen-bond donors (Lipinski definition) is 2. The Balaban J connectivity index is 1.93. The highest BCUT2D eigenvalue weighted by Crippen LogP contribution is 2.25. The molecular formula is C14H21N5. The molecule has 5 nitrogen and oxygen atoms in total. The second kappa shape index (κ2) is 4.81. The summed E-state index contributed by atoms with van der Waals surface area (Å²) in [4.78, 5) is 4.67. The summed E-state index contributed by atoms with van der Waals surface area (Å²) < 4.78 is 1.87. The van der Waals surface area contributed by atoms with Gasteiger partial charge in [0.15, 0.2) is 5.65 Å². The van der Waals surface area contributed by atoms with Crippen molar-refractivity contribution < 1.29 is 0 Å². The molecular weight excluding hydrogens is 238 g/mol. The van der Waals surface area contributed by atoms with Crippen molar-refractivity contribution in [1.29, 1.82) is 0 Å². The smallest absolute Gasteiger partial charge is 0.157 e. The Morgan fingerprint density at radius 1 is 1.53 bits per heavy atom. The van der Waals surface area contributed by atoms with Gasteiger partial charge in [-0.25, -0.2) is 4.98 Å². The maximum atomic E-state index is 5.84. The van der Waals surface area contributed by atoms with E-state index in [1.54, 1.807) is 6.20 Å². The third-order valence-corrected chi connectivity index (χ3v) is 4.02. The topological polar surface area (TPSA) is 68.2 Å². The Bertz CT molecular complexity index is 570. The van der Waals surface area contributed by atoms with Crippen LogP contribution in [0.3, 0.4) is 0 Å². The van der Waals surface area contributed by atoms with Crippen molar-refractivity contribution in [2.45, 2.75) is 51.1 Å². The summed E-state index contributed by atoms with van der Waals surface area (Å²) >= 11 is 0. The minimum Gasteiger partial charge on any atom is -0.367 e. The lowest BCUT2D eigenvalue weighted by molar-refractivity contribution is 0.372. The molecule has 3 N–H and O–H groups in total. The molecule has 2 aromatic heterocycles. The molecule has 1 fully saturated rings. The van der Waals surface area contributed by atoms with Crippen LogP contribution in [0.25, 0.3) is 5.65 Å². The van der Waals surface area contributed by atoms with E-state index in [1.807, 2.05) is 10.6 Å². The van der Waals surface area contributed by atoms with E-state index in [9.17, 15) is 0 Å². The Kier molecular flexibility index (Phi) is 3.14. The number of nitrogens with zero attached hydrogens (tertiary/aromatic N) is 3. The van der Waals surface area contributed by atoms with Gasteiger partial charge in [0.05, 0.1) is 6.20 Å². The molecule has 1 aliphatic rings. The number of fused-ring (bicyclic) bond motifs is 1. The Morgan fingerprint density at radius 2 is 2.32 bits per heavy atom. The molecule has 0 bridgehead atoms. The second-order valence-electron chi connectivity index (χ2n) is 5.55. The van der Waals surface area contributed by atoms with Gasteiger partial charge in [0.1, 0.15) is 5.82 Å². The van der Waals surface area contributed by atoms with Crippen LogP contribution in [-0.2, 0) is 0 Å². The van der Waals surface area contributed by atoms with Crippen LogP contribution in [0.2, 0.25) is 0 Å². The number of nitrogens with one attached hydrogen (secondary N) is 1. The van der Waals surface area contributed by atoms with Gasteiger partial charge in [-0.15, -0.1) is 0 Å². The summed E-state index contributed by atoms with van der Waals surface area (Å²) in [5.74, 6) is 1.49. The third kappa shape index (κ3) is 2.30. The minimum atomic E-state index is 0.349. The summed E-state index contributed by atoms with van der Waals surface area (Å²) in [6, 6.07) is 4.89. The summed E-state index contributed by atoms with van der Waals surface area (Å²) in [6.07, 6.45) is 4.94. The van der Waals surface area contributed by atoms with Gasteiger partial charge in [-0.2, -0.15) is 9.61 Å². The number of anilines is 1. The highest BCUT2D eigenvalue weighted by Gasteiger charge is 2.26. The van der Waals surface area contributed by atoms with Gasteiger partial charge >= 0.3 is 0 Å². The summed E-state index contributed by atoms with van der Waals surface area (Å²) in [6.45, 7) is 4.39. The van der Waals surface area contributed by atoms with Gasteiger partial charge in [-0.1, -0.05) is 13.8 Å². The molecule has 0 aliphatic heterocycles. The lowest BCUT2D eigenvalue weighted by atomic mass is 9.87. The zero-order valence-electron chi connectivity index (χ0n) is 11.5. The SMILES string of the molecule is CCC(C)c1cc(NC2CC(N)C2)n2nccc2n1. The maximum absolute atomic E-state index is 5.84. The molecule has 1 unspecified atom stereocenters. The van der Waals surface area contributed by atoms with Gasteiger partial charge in [-0.05, 0) is 25.2 Å². The summed E-state index contributed by atoms with van der Waals surface area (Å²) in [5, 5.41) is 7.87. The highest BCUT2D eigenvalue weighted by atomic mass is 15.3. The largest absolute Gasteiger partial charge is 0.367 e. The molecule has 3 rings (SSSR count). The lowest BCUT2D eigenvalue weighted by Crippen LogP contribution is -2.44. The molecule has 0 amide bonds. The first-order valence-electron chi connectivity index (χ1n) is 7.04. The molecule has 0 radical (unpaired) electrons. The first-order chi connectivity index (χ1) is 9.17. The molecule has 1 saturated carbocycles. The van der Waals surface area contributed by atoms with Crippen LogP contribution in [0.4, 0.5) is 5.82 Å². The average molecular weight is 259 g/mol. The number of aromatic nitrogens is 3. The van der Waals surface area contributed by atoms with Crippen molar-refractivity contribution in [2.75, 3.05) is 5.32 Å². The van der Waals surface area contributed by atoms with Gasteiger partial charge in [-0.3, -0.25) is 0 Å². The zero-order chi connectivity index (χ0) is 13.4. The van der Waals surface area contributed by atoms with Crippen molar-refractivity contribution in [1.82, 2.24) is 14.6 Å². The van der Waals surface area contributed by atoms with Gasteiger partial charge in [0.25, 0.3) is 0 Å². The van der Waals surface area contributed by atoms with E-state index in [0.29, 0.717) is 18.0 Å². The lowest BCUT2D eigenvalue weighted by Gasteiger charge is -2.33. The van der Waals surface area contributed by atoms with E-state index in [1.165, 1.54) is 0 Å². The zero-order valence-corrected chi connectivity index (χ0v) is 11.5. The van der Waals surface area contributed by atoms with Crippen molar-refractivity contribution in [3.8, 4) is 0 Å². The first kappa shape index (κ1) is 12.4. The minimum absolute atomic E-state index is 0.349. The van der Waals surface area contributed by atoms with Crippen LogP contribution in [0.15, 0.2) is 18.3 Å². The fourth-order valence-electron chi connectivity index (χ4n) is 2.49. The third-order valence-electron chi connectivity index (χ3n) is 4.02. The van der Waals surface area contributed by atoms with Gasteiger partial charge in [0.2, 0.25) is 0 Å². The van der Waals surface area contributed by atoms with Crippen molar-refractivity contribution in [3.05, 3.63) is 24.0 Å². The molecule has 19 heavy (non-hydrogen) atoms. The van der Waals surface area contributed by atoms with Crippen molar-refractivity contribution in [3.63, 3.8) is 0 Å². The fraction of sp³-hybridized carbons (Fsp3) is 0.571. The molecule has 0 aromatic carbocycles. The number of nitrogens with two attached hydrogens (primary N) is 1. The Morgan fingerprint density at radius 3 is 3.00 bits per heavy atom. The van der Waals surface area contributed by atoms with E-state index >= 15 is 0 Å². The molecule has 2 heterocycles. The second-order valence-corrected chi connectivity index (χ2v) is 5.55. The molecule has 0 saturated heterocycles. The van der Waals surface area contributed by atoms with E-state index in [2.05, 4.69) is 35.3 Å². The first-order valence-corrected chi connectivity index (χ1v) is 7.04. The number of hydrogen-bond acceptors (Lipinski definition) is 4. The van der Waals surface area contributed by atoms with Crippen LogP contribution in [-0.4, -0.2) is 26.7 Å². The maximum Gasteiger partial charge on any atom is 0.157 e. The van der Waals surface area contributed by atoms with Crippen molar-refractivity contribution >= 4 is 11.5 Å².